The van der Waals surface area contributed by atoms with Gasteiger partial charge in [-0.05, 0) is 0 Å². The molecule has 0 saturated carbocycles. The van der Waals surface area contributed by atoms with Crippen LogP contribution in [0.4, 0.5) is 0 Å². The molecule has 1 saturated heterocycles. The van der Waals surface area contributed by atoms with Gasteiger partial charge in [0.2, 0.25) is 0 Å². The van der Waals surface area contributed by atoms with E-state index in [1.165, 1.54) is 21.5 Å². The first-order valence-electron chi connectivity index (χ1n) is 10.6. The second-order valence-corrected chi connectivity index (χ2v) is 14.2. The number of nitrogens with zero attached hydrogens (tertiary/aromatic N) is 1. The molecule has 1 heterocycles. The van der Waals surface area contributed by atoms with Crippen LogP contribution >= 0.6 is 18.4 Å². The van der Waals surface area contributed by atoms with Gasteiger partial charge in [0.1, 0.15) is 0 Å². The van der Waals surface area contributed by atoms with Crippen LogP contribution in [0.5, 0.6) is 0 Å². The third kappa shape index (κ3) is 3.87. The Hall–Kier alpha value is -2.66. The second kappa shape index (κ2) is 9.23. The Labute approximate surface area is 188 Å². The van der Waals surface area contributed by atoms with Crippen molar-refractivity contribution in [2.45, 2.75) is 12.8 Å². The molecule has 3 aromatic carbocycles. The van der Waals surface area contributed by atoms with E-state index < -0.39 is 6.60 Å². The van der Waals surface area contributed by atoms with Gasteiger partial charge in [-0.25, -0.2) is 0 Å². The second-order valence-electron chi connectivity index (χ2n) is 8.15. The minimum atomic E-state index is -2.83. The number of hydrogen-bond acceptors (Lipinski definition) is 3. The number of rotatable bonds is 6. The van der Waals surface area contributed by atoms with E-state index >= 15 is 0 Å². The van der Waals surface area contributed by atoms with E-state index in [4.69, 9.17) is 5.26 Å². The fraction of sp³-hybridized carbons (Fsp3) is 0.185. The molecule has 1 fully saturated rings. The number of carbonyl (C=O) groups is 1. The molecule has 2 nitrogen and oxygen atoms in total. The van der Waals surface area contributed by atoms with Gasteiger partial charge in [0.15, 0.2) is 0 Å². The summed E-state index contributed by atoms with van der Waals surface area (Å²) in [6, 6.07) is 32.8. The Kier molecular flexibility index (Phi) is 6.42. The summed E-state index contributed by atoms with van der Waals surface area (Å²) in [4.78, 5) is 12.6. The van der Waals surface area contributed by atoms with Gasteiger partial charge in [0.05, 0.1) is 0 Å². The zero-order valence-electron chi connectivity index (χ0n) is 17.5. The normalized spacial score (nSPS) is 19.6. The quantitative estimate of drug-likeness (QED) is 0.305. The van der Waals surface area contributed by atoms with Crippen LogP contribution < -0.4 is 15.9 Å². The summed E-state index contributed by atoms with van der Waals surface area (Å²) < 4.78 is 0. The first-order valence-corrected chi connectivity index (χ1v) is 14.2. The molecule has 0 spiro atoms. The van der Waals surface area contributed by atoms with E-state index in [1.54, 1.807) is 0 Å². The number of allylic oxidation sites excluding steroid dienone is 2. The van der Waals surface area contributed by atoms with Crippen LogP contribution in [0, 0.1) is 10.7 Å². The van der Waals surface area contributed by atoms with Crippen molar-refractivity contribution in [1.29, 1.82) is 5.26 Å². The van der Waals surface area contributed by atoms with E-state index in [-0.39, 0.29) is 11.5 Å². The number of benzene rings is 3. The molecule has 0 bridgehead atoms. The van der Waals surface area contributed by atoms with Crippen molar-refractivity contribution in [3.8, 4) is 5.40 Å². The molecule has 0 unspecified atom stereocenters. The van der Waals surface area contributed by atoms with Gasteiger partial charge in [0.25, 0.3) is 0 Å². The average molecular weight is 444 g/mol. The Balaban J connectivity index is 1.99. The summed E-state index contributed by atoms with van der Waals surface area (Å²) in [5, 5.41) is 15.0. The van der Waals surface area contributed by atoms with Crippen LogP contribution in [0.1, 0.15) is 12.8 Å². The summed E-state index contributed by atoms with van der Waals surface area (Å²) in [5.74, 6) is 0.257. The monoisotopic (exact) mass is 443 g/mol. The van der Waals surface area contributed by atoms with Gasteiger partial charge in [-0.15, -0.1) is 0 Å². The molecule has 4 heteroatoms. The maximum absolute atomic E-state index is 12.6. The van der Waals surface area contributed by atoms with Gasteiger partial charge >= 0.3 is 189 Å². The van der Waals surface area contributed by atoms with Crippen LogP contribution in [0.3, 0.4) is 0 Å². The fourth-order valence-electron chi connectivity index (χ4n) is 5.22. The molecular weight excluding hydrogens is 417 g/mol. The van der Waals surface area contributed by atoms with Crippen molar-refractivity contribution >= 4 is 40.1 Å². The summed E-state index contributed by atoms with van der Waals surface area (Å²) in [5.41, 5.74) is 1.21. The topological polar surface area (TPSA) is 40.9 Å². The summed E-state index contributed by atoms with van der Waals surface area (Å²) in [7, 11) is 0. The molecule has 156 valence electrons. The van der Waals surface area contributed by atoms with Gasteiger partial charge in [-0.1, -0.05) is 0 Å². The molecule has 31 heavy (non-hydrogen) atoms. The number of ketones is 1. The SMILES string of the molecule is N#CSCC(=O)/C=C1\CCCP(c2ccccc2)(c2ccccc2)(c2ccccc2)C1. The fourth-order valence-corrected chi connectivity index (χ4v) is 12.6. The maximum atomic E-state index is 12.6. The zero-order valence-corrected chi connectivity index (χ0v) is 19.2. The predicted molar refractivity (Wildman–Crippen MR) is 135 cm³/mol. The first-order chi connectivity index (χ1) is 15.2. The molecule has 1 aliphatic heterocycles. The van der Waals surface area contributed by atoms with Gasteiger partial charge in [0, 0.05) is 0 Å². The summed E-state index contributed by atoms with van der Waals surface area (Å²) >= 11 is 1.02. The van der Waals surface area contributed by atoms with Crippen molar-refractivity contribution in [3.63, 3.8) is 0 Å². The Morgan fingerprint density at radius 2 is 1.35 bits per heavy atom. The number of thiocyanates is 1. The van der Waals surface area contributed by atoms with Gasteiger partial charge in [-0.3, -0.25) is 0 Å². The summed E-state index contributed by atoms with van der Waals surface area (Å²) in [6.45, 7) is -2.83. The van der Waals surface area contributed by atoms with Crippen molar-refractivity contribution in [2.24, 2.45) is 0 Å². The van der Waals surface area contributed by atoms with Crippen LogP contribution in [0.2, 0.25) is 0 Å². The molecule has 0 amide bonds. The van der Waals surface area contributed by atoms with Crippen molar-refractivity contribution in [3.05, 3.63) is 103 Å². The molecule has 0 aliphatic carbocycles. The molecule has 0 atom stereocenters. The Morgan fingerprint density at radius 3 is 1.81 bits per heavy atom. The number of hydrogen-bond donors (Lipinski definition) is 0. The molecule has 4 rings (SSSR count). The Morgan fingerprint density at radius 1 is 0.871 bits per heavy atom. The zero-order chi connectivity index (χ0) is 21.6. The number of thioether (sulfide) groups is 1. The van der Waals surface area contributed by atoms with E-state index in [0.29, 0.717) is 0 Å². The minimum absolute atomic E-state index is 0.0363. The standard InChI is InChI=1S/C27H26NOPS/c28-22-31-21-24(29)19-23-11-10-18-30(20-23,25-12-4-1-5-13-25,26-14-6-2-7-15-26)27-16-8-3-9-17-27/h1-9,12-17,19H,10-11,18,20-21H2/b23-19+. The van der Waals surface area contributed by atoms with Crippen LogP contribution in [-0.4, -0.2) is 23.9 Å². The molecule has 3 aromatic rings. The molecule has 1 aliphatic rings. The van der Waals surface area contributed by atoms with E-state index in [2.05, 4.69) is 91.0 Å². The molecule has 0 N–H and O–H groups in total. The van der Waals surface area contributed by atoms with E-state index in [9.17, 15) is 4.79 Å². The average Bonchev–Trinajstić information content (AvgIpc) is 2.84. The number of nitriles is 1. The third-order valence-corrected chi connectivity index (χ3v) is 14.1. The third-order valence-electron chi connectivity index (χ3n) is 6.48. The predicted octanol–water partition coefficient (Wildman–Crippen LogP) is 5.02. The van der Waals surface area contributed by atoms with Crippen LogP contribution in [-0.2, 0) is 4.79 Å². The van der Waals surface area contributed by atoms with Crippen LogP contribution in [0.25, 0.3) is 0 Å². The van der Waals surface area contributed by atoms with Crippen molar-refractivity contribution in [1.82, 2.24) is 0 Å². The van der Waals surface area contributed by atoms with Crippen molar-refractivity contribution in [2.75, 3.05) is 18.1 Å². The van der Waals surface area contributed by atoms with Gasteiger partial charge < -0.3 is 0 Å². The van der Waals surface area contributed by atoms with Crippen LogP contribution in [0.15, 0.2) is 103 Å². The first kappa shape index (κ1) is 21.6. The van der Waals surface area contributed by atoms with E-state index in [0.717, 1.165) is 36.9 Å². The molecular formula is C27H26NOPS. The summed E-state index contributed by atoms with van der Waals surface area (Å²) in [6.07, 6.45) is 5.79. The molecule has 0 aromatic heterocycles. The van der Waals surface area contributed by atoms with Gasteiger partial charge in [-0.2, -0.15) is 0 Å². The van der Waals surface area contributed by atoms with E-state index in [1.807, 2.05) is 11.5 Å². The number of carbonyl (C=O) groups excluding carboxylic acids is 1. The Bertz CT molecular complexity index is 1020. The van der Waals surface area contributed by atoms with Crippen molar-refractivity contribution < 1.29 is 4.79 Å². The molecule has 0 radical (unpaired) electrons.